The average Bonchev–Trinajstić information content (AvgIpc) is 4.12. The van der Waals surface area contributed by atoms with Crippen molar-refractivity contribution in [2.45, 2.75) is 102 Å². The molecule has 23 nitrogen and oxygen atoms in total. The molecule has 0 unspecified atom stereocenters. The number of aromatic nitrogens is 2. The van der Waals surface area contributed by atoms with E-state index in [1.54, 1.807) is 60.0 Å². The van der Waals surface area contributed by atoms with Gasteiger partial charge < -0.3 is 51.6 Å². The van der Waals surface area contributed by atoms with E-state index in [4.69, 9.17) is 9.72 Å². The van der Waals surface area contributed by atoms with Gasteiger partial charge >= 0.3 is 5.97 Å². The van der Waals surface area contributed by atoms with Gasteiger partial charge in [0.1, 0.15) is 18.7 Å². The summed E-state index contributed by atoms with van der Waals surface area (Å²) in [5, 5.41) is 29.9. The molecule has 9 amide bonds. The number of carbonyl (C=O) groups excluding carboxylic acids is 10. The van der Waals surface area contributed by atoms with Crippen LogP contribution >= 0.6 is 0 Å². The lowest BCUT2D eigenvalue weighted by atomic mass is 9.85. The summed E-state index contributed by atoms with van der Waals surface area (Å²) in [6.45, 7) is 1.38. The predicted octanol–water partition coefficient (Wildman–Crippen LogP) is -0.311. The van der Waals surface area contributed by atoms with E-state index < -0.39 is 91.2 Å². The van der Waals surface area contributed by atoms with E-state index in [9.17, 15) is 57.8 Å². The number of ether oxygens (including phenoxy) is 1. The van der Waals surface area contributed by atoms with Crippen LogP contribution in [0.3, 0.4) is 0 Å². The van der Waals surface area contributed by atoms with Crippen molar-refractivity contribution in [1.29, 1.82) is 0 Å². The normalized spacial score (nSPS) is 16.6. The van der Waals surface area contributed by atoms with Gasteiger partial charge in [0.05, 0.1) is 55.2 Å². The summed E-state index contributed by atoms with van der Waals surface area (Å²) in [5.41, 5.74) is 3.74. The lowest BCUT2D eigenvalue weighted by Crippen LogP contribution is -2.54. The van der Waals surface area contributed by atoms with Crippen LogP contribution in [0.4, 0.5) is 5.69 Å². The standard InChI is InChI=1S/C53H58N10O13/c1-3-53(75)35-22-39-48-33(27-63(39)51(73)34(35)28-76-52(53)74)31-13-10-14-32-36(16-17-37(60-48)47(31)32)61-49(71)29(2)58-50(72)38(21-30-11-6-4-7-12-30)59-44(68)26-57-43(67)25-56-42(66)24-55-41(65)23-54-40(64)15-8-5-9-20-62-45(69)18-19-46(62)70/h4,6-7,11-12,16-19,22,29,38,75H,3,5,8-10,13-15,20-21,23-28H2,1-2H3,(H,54,64)(H,55,65)(H,56,66)(H,57,67)(H,58,72)(H,59,68)(H,61,71)/t29-,38-,53-/m0/s1. The first-order valence-electron chi connectivity index (χ1n) is 25.1. The van der Waals surface area contributed by atoms with Crippen molar-refractivity contribution < 1.29 is 57.8 Å². The minimum absolute atomic E-state index is 0.0190. The number of amides is 9. The summed E-state index contributed by atoms with van der Waals surface area (Å²) in [6, 6.07) is 11.8. The number of esters is 1. The van der Waals surface area contributed by atoms with Crippen LogP contribution in [0, 0.1) is 0 Å². The smallest absolute Gasteiger partial charge is 0.343 e. The number of fused-ring (bicyclic) bond motifs is 5. The topological polar surface area (TPSA) is 322 Å². The third kappa shape index (κ3) is 11.8. The van der Waals surface area contributed by atoms with Crippen LogP contribution in [0.5, 0.6) is 0 Å². The van der Waals surface area contributed by atoms with E-state index in [1.165, 1.54) is 19.1 Å². The fraction of sp³-hybridized carbons (Fsp3) is 0.396. The van der Waals surface area contributed by atoms with E-state index in [0.29, 0.717) is 60.3 Å². The number of nitrogens with zero attached hydrogens (tertiary/aromatic N) is 3. The van der Waals surface area contributed by atoms with Gasteiger partial charge in [-0.2, -0.15) is 0 Å². The fourth-order valence-corrected chi connectivity index (χ4v) is 9.73. The largest absolute Gasteiger partial charge is 0.458 e. The molecule has 0 saturated heterocycles. The zero-order chi connectivity index (χ0) is 54.3. The minimum Gasteiger partial charge on any atom is -0.458 e. The summed E-state index contributed by atoms with van der Waals surface area (Å²) in [4.78, 5) is 146. The highest BCUT2D eigenvalue weighted by Crippen LogP contribution is 2.43. The van der Waals surface area contributed by atoms with Gasteiger partial charge in [0, 0.05) is 53.7 Å². The lowest BCUT2D eigenvalue weighted by molar-refractivity contribution is -0.172. The molecule has 4 aromatic rings. The Morgan fingerprint density at radius 3 is 2.05 bits per heavy atom. The number of benzene rings is 2. The number of pyridine rings is 2. The van der Waals surface area contributed by atoms with E-state index in [-0.39, 0.29) is 67.5 Å². The van der Waals surface area contributed by atoms with Crippen LogP contribution in [0.1, 0.15) is 85.8 Å². The van der Waals surface area contributed by atoms with Crippen LogP contribution in [0.15, 0.2) is 65.5 Å². The van der Waals surface area contributed by atoms with Gasteiger partial charge in [0.2, 0.25) is 41.4 Å². The maximum absolute atomic E-state index is 13.8. The van der Waals surface area contributed by atoms with Crippen molar-refractivity contribution in [2.24, 2.45) is 0 Å². The van der Waals surface area contributed by atoms with Crippen molar-refractivity contribution in [3.8, 4) is 11.4 Å². The summed E-state index contributed by atoms with van der Waals surface area (Å²) < 4.78 is 6.81. The highest BCUT2D eigenvalue weighted by molar-refractivity contribution is 6.13. The molecule has 0 bridgehead atoms. The third-order valence-corrected chi connectivity index (χ3v) is 13.8. The van der Waals surface area contributed by atoms with E-state index >= 15 is 0 Å². The number of aliphatic hydroxyl groups is 1. The first-order chi connectivity index (χ1) is 36.4. The molecule has 2 aromatic carbocycles. The summed E-state index contributed by atoms with van der Waals surface area (Å²) in [5.74, 6) is -6.01. The molecule has 8 N–H and O–H groups in total. The molecule has 5 heterocycles. The Bertz CT molecular complexity index is 3140. The second-order valence-electron chi connectivity index (χ2n) is 19.0. The molecule has 3 atom stereocenters. The van der Waals surface area contributed by atoms with Gasteiger partial charge in [0.25, 0.3) is 17.4 Å². The van der Waals surface area contributed by atoms with E-state index in [1.807, 2.05) is 0 Å². The molecular formula is C53H58N10O13. The number of anilines is 1. The molecule has 0 fully saturated rings. The van der Waals surface area contributed by atoms with Crippen LogP contribution in [0.2, 0.25) is 0 Å². The van der Waals surface area contributed by atoms with Crippen molar-refractivity contribution >= 4 is 75.7 Å². The first-order valence-corrected chi connectivity index (χ1v) is 25.1. The van der Waals surface area contributed by atoms with Crippen LogP contribution in [-0.4, -0.2) is 123 Å². The molecule has 2 aromatic heterocycles. The molecule has 1 aliphatic carbocycles. The second kappa shape index (κ2) is 23.3. The second-order valence-corrected chi connectivity index (χ2v) is 19.0. The van der Waals surface area contributed by atoms with Crippen molar-refractivity contribution in [2.75, 3.05) is 38.0 Å². The molecule has 76 heavy (non-hydrogen) atoms. The Balaban J connectivity index is 0.804. The molecule has 3 aliphatic heterocycles. The minimum atomic E-state index is -1.96. The fourth-order valence-electron chi connectivity index (χ4n) is 9.73. The van der Waals surface area contributed by atoms with E-state index in [0.717, 1.165) is 33.4 Å². The molecule has 398 valence electrons. The Morgan fingerprint density at radius 2 is 1.38 bits per heavy atom. The molecule has 0 spiro atoms. The van der Waals surface area contributed by atoms with Crippen molar-refractivity contribution in [3.05, 3.63) is 104 Å². The first kappa shape index (κ1) is 53.7. The van der Waals surface area contributed by atoms with Gasteiger partial charge in [-0.25, -0.2) is 9.78 Å². The number of unbranched alkanes of at least 4 members (excludes halogenated alkanes) is 2. The zero-order valence-corrected chi connectivity index (χ0v) is 41.9. The Kier molecular flexibility index (Phi) is 16.5. The molecule has 8 rings (SSSR count). The lowest BCUT2D eigenvalue weighted by Gasteiger charge is -2.31. The maximum Gasteiger partial charge on any atom is 0.343 e. The third-order valence-electron chi connectivity index (χ3n) is 13.8. The number of rotatable bonds is 22. The van der Waals surface area contributed by atoms with E-state index in [2.05, 4.69) is 37.2 Å². The van der Waals surface area contributed by atoms with Gasteiger partial charge in [-0.05, 0) is 80.3 Å². The Morgan fingerprint density at radius 1 is 0.737 bits per heavy atom. The van der Waals surface area contributed by atoms with Gasteiger partial charge in [-0.15, -0.1) is 0 Å². The number of hydrogen-bond donors (Lipinski definition) is 8. The highest BCUT2D eigenvalue weighted by atomic mass is 16.6. The Hall–Kier alpha value is -8.60. The number of aryl methyl sites for hydroxylation is 2. The van der Waals surface area contributed by atoms with Gasteiger partial charge in [0.15, 0.2) is 5.60 Å². The SMILES string of the molecule is CC[C@@]1(O)C(=O)OCc2c1cc1n(c2=O)Cc2c-1nc1ccc(NC(=O)[C@H](C)NC(=O)[C@H](Cc3ccccc3)NC(=O)CNC(=O)CNC(=O)CNC(=O)CNC(=O)CCCCCN3C(=O)C=CC3=O)c3c1c2CCC3. The Labute approximate surface area is 435 Å². The molecule has 0 radical (unpaired) electrons. The molecule has 23 heteroatoms. The number of carbonyl (C=O) groups is 10. The highest BCUT2D eigenvalue weighted by Gasteiger charge is 2.46. The number of hydrogen-bond acceptors (Lipinski definition) is 14. The van der Waals surface area contributed by atoms with Gasteiger partial charge in [-0.3, -0.25) is 52.8 Å². The average molecular weight is 1040 g/mol. The number of nitrogens with one attached hydrogen (secondary N) is 7. The predicted molar refractivity (Wildman–Crippen MR) is 271 cm³/mol. The quantitative estimate of drug-likeness (QED) is 0.0251. The summed E-state index contributed by atoms with van der Waals surface area (Å²) in [6.07, 6.45) is 6.17. The number of imide groups is 1. The monoisotopic (exact) mass is 1040 g/mol. The van der Waals surface area contributed by atoms with Crippen LogP contribution < -0.4 is 42.8 Å². The van der Waals surface area contributed by atoms with Crippen LogP contribution in [-0.2, 0) is 90.7 Å². The van der Waals surface area contributed by atoms with Gasteiger partial charge in [-0.1, -0.05) is 43.7 Å². The maximum atomic E-state index is 13.8. The number of cyclic esters (lactones) is 1. The zero-order valence-electron chi connectivity index (χ0n) is 41.9. The molecule has 4 aliphatic rings. The summed E-state index contributed by atoms with van der Waals surface area (Å²) in [7, 11) is 0. The van der Waals surface area contributed by atoms with Crippen LogP contribution in [0.25, 0.3) is 22.3 Å². The summed E-state index contributed by atoms with van der Waals surface area (Å²) >= 11 is 0. The van der Waals surface area contributed by atoms with Crippen molar-refractivity contribution in [1.82, 2.24) is 46.4 Å². The molecular weight excluding hydrogens is 985 g/mol. The molecule has 0 saturated carbocycles. The van der Waals surface area contributed by atoms with Crippen molar-refractivity contribution in [3.63, 3.8) is 0 Å².